The number of hydrogen-bond acceptors (Lipinski definition) is 1. The molecule has 0 aliphatic rings. The second-order valence-electron chi connectivity index (χ2n) is 3.72. The molecule has 2 aromatic carbocycles. The van der Waals surface area contributed by atoms with Crippen LogP contribution in [0.3, 0.4) is 0 Å². The molecule has 16 heavy (non-hydrogen) atoms. The molecule has 0 atom stereocenters. The first-order valence-electron chi connectivity index (χ1n) is 5.36. The van der Waals surface area contributed by atoms with Crippen LogP contribution in [0.25, 0.3) is 0 Å². The Bertz CT molecular complexity index is 399. The summed E-state index contributed by atoms with van der Waals surface area (Å²) in [6, 6.07) is 20.7. The van der Waals surface area contributed by atoms with Crippen LogP contribution in [0.15, 0.2) is 60.7 Å². The van der Waals surface area contributed by atoms with Gasteiger partial charge in [0.05, 0.1) is 0 Å². The zero-order valence-electron chi connectivity index (χ0n) is 8.97. The van der Waals surface area contributed by atoms with Gasteiger partial charge in [0.15, 0.2) is 0 Å². The molecule has 79 valence electrons. The normalized spacial score (nSPS) is 10.3. The Kier molecular flexibility index (Phi) is 4.28. The standard InChI is InChI=1S/C14H13.O.Sn/c1-12(13-8-4-2-5-9-13)14-10-6-3-7-11-14;;/h2-12H,1H2;;. The molecule has 0 bridgehead atoms. The van der Waals surface area contributed by atoms with E-state index in [4.69, 9.17) is 0 Å². The van der Waals surface area contributed by atoms with E-state index in [1.165, 1.54) is 11.1 Å². The molecule has 0 unspecified atom stereocenters. The van der Waals surface area contributed by atoms with Crippen molar-refractivity contribution >= 4 is 21.1 Å². The van der Waals surface area contributed by atoms with E-state index in [0.29, 0.717) is 5.92 Å². The molecule has 0 amide bonds. The van der Waals surface area contributed by atoms with Crippen LogP contribution in [0.1, 0.15) is 17.0 Å². The van der Waals surface area contributed by atoms with Crippen molar-refractivity contribution in [1.29, 1.82) is 0 Å². The Morgan fingerprint density at radius 2 is 1.25 bits per heavy atom. The number of rotatable bonds is 4. The summed E-state index contributed by atoms with van der Waals surface area (Å²) in [5.41, 5.74) is 2.54. The fourth-order valence-electron chi connectivity index (χ4n) is 1.88. The van der Waals surface area contributed by atoms with Crippen molar-refractivity contribution < 1.29 is 3.08 Å². The van der Waals surface area contributed by atoms with E-state index >= 15 is 0 Å². The Morgan fingerprint density at radius 3 is 1.62 bits per heavy atom. The third kappa shape index (κ3) is 2.79. The van der Waals surface area contributed by atoms with Gasteiger partial charge in [-0.25, -0.2) is 0 Å². The van der Waals surface area contributed by atoms with Crippen molar-refractivity contribution in [3.63, 3.8) is 0 Å². The molecule has 2 rings (SSSR count). The Labute approximate surface area is 106 Å². The first-order chi connectivity index (χ1) is 7.92. The van der Waals surface area contributed by atoms with Gasteiger partial charge in [-0.15, -0.1) is 0 Å². The average molecular weight is 316 g/mol. The second kappa shape index (κ2) is 5.94. The predicted molar refractivity (Wildman–Crippen MR) is 66.0 cm³/mol. The van der Waals surface area contributed by atoms with Crippen LogP contribution in [-0.2, 0) is 3.08 Å². The number of hydrogen-bond donors (Lipinski definition) is 0. The first-order valence-corrected chi connectivity index (χ1v) is 8.55. The molecular formula is C14H13OSn. The molecule has 0 N–H and O–H groups in total. The Morgan fingerprint density at radius 1 is 0.812 bits per heavy atom. The van der Waals surface area contributed by atoms with Crippen molar-refractivity contribution in [2.24, 2.45) is 0 Å². The van der Waals surface area contributed by atoms with Gasteiger partial charge in [0, 0.05) is 0 Å². The van der Waals surface area contributed by atoms with Crippen molar-refractivity contribution in [3.8, 4) is 0 Å². The fourth-order valence-corrected chi connectivity index (χ4v) is 3.70. The molecule has 2 aromatic rings. The fraction of sp³-hybridized carbons (Fsp3) is 0.143. The van der Waals surface area contributed by atoms with Gasteiger partial charge in [-0.05, 0) is 0 Å². The van der Waals surface area contributed by atoms with Crippen LogP contribution in [0.4, 0.5) is 0 Å². The minimum atomic E-state index is -1.43. The summed E-state index contributed by atoms with van der Waals surface area (Å²) < 4.78 is 11.9. The Hall–Kier alpha value is -0.961. The van der Waals surface area contributed by atoms with E-state index in [9.17, 15) is 3.08 Å². The zero-order chi connectivity index (χ0) is 11.2. The van der Waals surface area contributed by atoms with Crippen LogP contribution < -0.4 is 0 Å². The SMILES string of the molecule is [O]=[Sn][CH2]C(c1ccccc1)c1ccccc1. The van der Waals surface area contributed by atoms with Crippen LogP contribution in [0, 0.1) is 0 Å². The molecule has 1 radical (unpaired) electrons. The average Bonchev–Trinajstić information content (AvgIpc) is 2.38. The molecular weight excluding hydrogens is 303 g/mol. The van der Waals surface area contributed by atoms with Gasteiger partial charge < -0.3 is 0 Å². The summed E-state index contributed by atoms with van der Waals surface area (Å²) >= 11 is -1.43. The number of benzene rings is 2. The van der Waals surface area contributed by atoms with Gasteiger partial charge in [0.2, 0.25) is 0 Å². The van der Waals surface area contributed by atoms with Crippen molar-refractivity contribution in [3.05, 3.63) is 71.8 Å². The maximum absolute atomic E-state index is 11.1. The molecule has 0 fully saturated rings. The molecule has 1 nitrogen and oxygen atoms in total. The summed E-state index contributed by atoms with van der Waals surface area (Å²) in [4.78, 5) is 0. The minimum absolute atomic E-state index is 0.312. The molecule has 0 heterocycles. The topological polar surface area (TPSA) is 17.1 Å². The van der Waals surface area contributed by atoms with Crippen molar-refractivity contribution in [1.82, 2.24) is 0 Å². The molecule has 0 aromatic heterocycles. The van der Waals surface area contributed by atoms with E-state index in [-0.39, 0.29) is 0 Å². The van der Waals surface area contributed by atoms with Gasteiger partial charge in [-0.3, -0.25) is 0 Å². The Balaban J connectivity index is 2.35. The van der Waals surface area contributed by atoms with Crippen molar-refractivity contribution in [2.45, 2.75) is 10.4 Å². The van der Waals surface area contributed by atoms with Crippen molar-refractivity contribution in [2.75, 3.05) is 0 Å². The molecule has 0 saturated carbocycles. The van der Waals surface area contributed by atoms with Gasteiger partial charge in [-0.1, -0.05) is 0 Å². The van der Waals surface area contributed by atoms with E-state index < -0.39 is 21.1 Å². The molecule has 0 saturated heterocycles. The van der Waals surface area contributed by atoms with Crippen LogP contribution in [0.2, 0.25) is 4.44 Å². The zero-order valence-corrected chi connectivity index (χ0v) is 11.8. The molecule has 0 aliphatic heterocycles. The maximum atomic E-state index is 11.1. The predicted octanol–water partition coefficient (Wildman–Crippen LogP) is 3.29. The van der Waals surface area contributed by atoms with Gasteiger partial charge in [0.25, 0.3) is 0 Å². The third-order valence-electron chi connectivity index (χ3n) is 2.69. The van der Waals surface area contributed by atoms with E-state index in [1.807, 2.05) is 36.4 Å². The molecule has 2 heteroatoms. The van der Waals surface area contributed by atoms with Crippen LogP contribution in [0.5, 0.6) is 0 Å². The third-order valence-corrected chi connectivity index (χ3v) is 4.33. The van der Waals surface area contributed by atoms with Gasteiger partial charge in [0.1, 0.15) is 0 Å². The quantitative estimate of drug-likeness (QED) is 0.791. The summed E-state index contributed by atoms with van der Waals surface area (Å²) in [6.45, 7) is 0. The summed E-state index contributed by atoms with van der Waals surface area (Å²) in [5.74, 6) is 0.312. The monoisotopic (exact) mass is 317 g/mol. The van der Waals surface area contributed by atoms with Crippen LogP contribution in [-0.4, -0.2) is 21.1 Å². The summed E-state index contributed by atoms with van der Waals surface area (Å²) in [5, 5.41) is 0. The second-order valence-corrected chi connectivity index (χ2v) is 5.71. The summed E-state index contributed by atoms with van der Waals surface area (Å²) in [7, 11) is 0. The molecule has 0 aliphatic carbocycles. The molecule has 0 spiro atoms. The van der Waals surface area contributed by atoms with Crippen LogP contribution >= 0.6 is 0 Å². The van der Waals surface area contributed by atoms with E-state index in [1.54, 1.807) is 0 Å². The van der Waals surface area contributed by atoms with Gasteiger partial charge >= 0.3 is 106 Å². The first kappa shape index (κ1) is 11.5. The van der Waals surface area contributed by atoms with E-state index in [0.717, 1.165) is 4.44 Å². The van der Waals surface area contributed by atoms with E-state index in [2.05, 4.69) is 24.3 Å². The summed E-state index contributed by atoms with van der Waals surface area (Å²) in [6.07, 6.45) is 0. The van der Waals surface area contributed by atoms with Gasteiger partial charge in [-0.2, -0.15) is 0 Å².